The van der Waals surface area contributed by atoms with Crippen molar-refractivity contribution in [3.63, 3.8) is 0 Å². The highest BCUT2D eigenvalue weighted by atomic mass is 16.1. The number of Topliss-reactive ketones (excluding diaryl/α,β-unsaturated/α-hetero) is 1. The standard InChI is InChI=1S/C15H16N2O/c1-2-17-9-8-16-15(17)10-11-4-3-5-13-12(11)6-7-14(13)18/h3-5,8-9H,2,6-7,10H2,1H3. The lowest BCUT2D eigenvalue weighted by Gasteiger charge is -2.09. The van der Waals surface area contributed by atoms with Crippen molar-refractivity contribution in [2.75, 3.05) is 0 Å². The number of hydrogen-bond donors (Lipinski definition) is 0. The minimum atomic E-state index is 0.283. The van der Waals surface area contributed by atoms with Gasteiger partial charge in [-0.15, -0.1) is 0 Å². The number of fused-ring (bicyclic) bond motifs is 1. The Morgan fingerprint density at radius 3 is 3.06 bits per heavy atom. The fourth-order valence-corrected chi connectivity index (χ4v) is 2.70. The molecule has 1 aromatic carbocycles. The molecule has 0 saturated carbocycles. The predicted octanol–water partition coefficient (Wildman–Crippen LogP) is 2.62. The number of carbonyl (C=O) groups excluding carboxylic acids is 1. The van der Waals surface area contributed by atoms with Crippen molar-refractivity contribution in [1.29, 1.82) is 0 Å². The highest BCUT2D eigenvalue weighted by Gasteiger charge is 2.22. The third-order valence-electron chi connectivity index (χ3n) is 3.67. The predicted molar refractivity (Wildman–Crippen MR) is 69.8 cm³/mol. The van der Waals surface area contributed by atoms with Gasteiger partial charge in [0.25, 0.3) is 0 Å². The van der Waals surface area contributed by atoms with Gasteiger partial charge in [0, 0.05) is 37.3 Å². The molecule has 0 atom stereocenters. The highest BCUT2D eigenvalue weighted by Crippen LogP contribution is 2.26. The highest BCUT2D eigenvalue weighted by molar-refractivity contribution is 6.00. The van der Waals surface area contributed by atoms with Crippen molar-refractivity contribution >= 4 is 5.78 Å². The van der Waals surface area contributed by atoms with E-state index in [9.17, 15) is 4.79 Å². The van der Waals surface area contributed by atoms with Crippen LogP contribution in [0.15, 0.2) is 30.6 Å². The van der Waals surface area contributed by atoms with Gasteiger partial charge in [0.05, 0.1) is 0 Å². The molecule has 2 aromatic rings. The summed E-state index contributed by atoms with van der Waals surface area (Å²) >= 11 is 0. The number of aryl methyl sites for hydroxylation is 1. The maximum Gasteiger partial charge on any atom is 0.163 e. The number of rotatable bonds is 3. The van der Waals surface area contributed by atoms with Crippen molar-refractivity contribution < 1.29 is 4.79 Å². The summed E-state index contributed by atoms with van der Waals surface area (Å²) in [4.78, 5) is 16.1. The Kier molecular flexibility index (Phi) is 2.74. The van der Waals surface area contributed by atoms with Crippen LogP contribution in [0.25, 0.3) is 0 Å². The molecule has 3 rings (SSSR count). The first kappa shape index (κ1) is 11.2. The van der Waals surface area contributed by atoms with Gasteiger partial charge in [0.1, 0.15) is 5.82 Å². The van der Waals surface area contributed by atoms with E-state index in [1.165, 1.54) is 11.1 Å². The van der Waals surface area contributed by atoms with Gasteiger partial charge in [-0.1, -0.05) is 18.2 Å². The number of ketones is 1. The van der Waals surface area contributed by atoms with E-state index >= 15 is 0 Å². The first-order valence-electron chi connectivity index (χ1n) is 6.43. The van der Waals surface area contributed by atoms with E-state index in [-0.39, 0.29) is 5.78 Å². The van der Waals surface area contributed by atoms with Crippen molar-refractivity contribution in [1.82, 2.24) is 9.55 Å². The zero-order valence-corrected chi connectivity index (χ0v) is 10.5. The Balaban J connectivity index is 1.97. The minimum Gasteiger partial charge on any atom is -0.335 e. The molecule has 1 aliphatic rings. The number of imidazole rings is 1. The monoisotopic (exact) mass is 240 g/mol. The average Bonchev–Trinajstić information content (AvgIpc) is 2.98. The molecule has 0 N–H and O–H groups in total. The van der Waals surface area contributed by atoms with E-state index in [4.69, 9.17) is 0 Å². The Morgan fingerprint density at radius 2 is 2.22 bits per heavy atom. The van der Waals surface area contributed by atoms with Gasteiger partial charge >= 0.3 is 0 Å². The third-order valence-corrected chi connectivity index (χ3v) is 3.67. The minimum absolute atomic E-state index is 0.283. The largest absolute Gasteiger partial charge is 0.335 e. The smallest absolute Gasteiger partial charge is 0.163 e. The topological polar surface area (TPSA) is 34.9 Å². The summed E-state index contributed by atoms with van der Waals surface area (Å²) in [5.41, 5.74) is 3.40. The van der Waals surface area contributed by atoms with E-state index in [0.29, 0.717) is 6.42 Å². The second-order valence-corrected chi connectivity index (χ2v) is 4.67. The van der Waals surface area contributed by atoms with E-state index in [1.54, 1.807) is 0 Å². The van der Waals surface area contributed by atoms with Crippen LogP contribution in [0.2, 0.25) is 0 Å². The second-order valence-electron chi connectivity index (χ2n) is 4.67. The van der Waals surface area contributed by atoms with Crippen molar-refractivity contribution in [3.05, 3.63) is 53.1 Å². The molecule has 0 radical (unpaired) electrons. The van der Waals surface area contributed by atoms with Crippen LogP contribution in [-0.2, 0) is 19.4 Å². The molecular weight excluding hydrogens is 224 g/mol. The lowest BCUT2D eigenvalue weighted by atomic mass is 10.0. The summed E-state index contributed by atoms with van der Waals surface area (Å²) in [5.74, 6) is 1.36. The molecule has 1 aliphatic carbocycles. The SMILES string of the molecule is CCn1ccnc1Cc1cccc2c1CCC2=O. The van der Waals surface area contributed by atoms with E-state index in [0.717, 1.165) is 30.8 Å². The fraction of sp³-hybridized carbons (Fsp3) is 0.333. The second kappa shape index (κ2) is 4.41. The molecule has 1 heterocycles. The number of benzene rings is 1. The number of aromatic nitrogens is 2. The summed E-state index contributed by atoms with van der Waals surface area (Å²) in [5, 5.41) is 0. The molecule has 3 nitrogen and oxygen atoms in total. The molecule has 0 unspecified atom stereocenters. The molecule has 0 aliphatic heterocycles. The summed E-state index contributed by atoms with van der Waals surface area (Å²) < 4.78 is 2.15. The quantitative estimate of drug-likeness (QED) is 0.826. The van der Waals surface area contributed by atoms with E-state index < -0.39 is 0 Å². The Hall–Kier alpha value is -1.90. The molecular formula is C15H16N2O. The first-order chi connectivity index (χ1) is 8.79. The van der Waals surface area contributed by atoms with Gasteiger partial charge in [0.15, 0.2) is 5.78 Å². The van der Waals surface area contributed by atoms with Gasteiger partial charge < -0.3 is 4.57 Å². The van der Waals surface area contributed by atoms with Crippen LogP contribution >= 0.6 is 0 Å². The van der Waals surface area contributed by atoms with Crippen molar-refractivity contribution in [2.24, 2.45) is 0 Å². The van der Waals surface area contributed by atoms with Crippen LogP contribution in [0.5, 0.6) is 0 Å². The summed E-state index contributed by atoms with van der Waals surface area (Å²) in [6.45, 7) is 3.05. The molecule has 1 aromatic heterocycles. The van der Waals surface area contributed by atoms with Crippen LogP contribution < -0.4 is 0 Å². The van der Waals surface area contributed by atoms with Gasteiger partial charge in [0.2, 0.25) is 0 Å². The fourth-order valence-electron chi connectivity index (χ4n) is 2.70. The average molecular weight is 240 g/mol. The summed E-state index contributed by atoms with van der Waals surface area (Å²) in [6, 6.07) is 6.04. The molecule has 0 bridgehead atoms. The van der Waals surface area contributed by atoms with Gasteiger partial charge in [-0.3, -0.25) is 4.79 Å². The normalized spacial score (nSPS) is 13.9. The van der Waals surface area contributed by atoms with Crippen molar-refractivity contribution in [2.45, 2.75) is 32.7 Å². The van der Waals surface area contributed by atoms with Crippen LogP contribution in [0.3, 0.4) is 0 Å². The van der Waals surface area contributed by atoms with Gasteiger partial charge in [-0.05, 0) is 24.5 Å². The van der Waals surface area contributed by atoms with Gasteiger partial charge in [-0.25, -0.2) is 4.98 Å². The molecule has 0 fully saturated rings. The summed E-state index contributed by atoms with van der Waals surface area (Å²) in [7, 11) is 0. The summed E-state index contributed by atoms with van der Waals surface area (Å²) in [6.07, 6.45) is 6.21. The number of carbonyl (C=O) groups is 1. The van der Waals surface area contributed by atoms with Crippen LogP contribution in [0.4, 0.5) is 0 Å². The zero-order valence-electron chi connectivity index (χ0n) is 10.5. The Morgan fingerprint density at radius 1 is 1.33 bits per heavy atom. The lowest BCUT2D eigenvalue weighted by Crippen LogP contribution is -2.04. The Bertz CT molecular complexity index is 598. The molecule has 92 valence electrons. The molecule has 3 heteroatoms. The first-order valence-corrected chi connectivity index (χ1v) is 6.43. The maximum atomic E-state index is 11.7. The van der Waals surface area contributed by atoms with E-state index in [2.05, 4.69) is 22.5 Å². The number of hydrogen-bond acceptors (Lipinski definition) is 2. The zero-order chi connectivity index (χ0) is 12.5. The lowest BCUT2D eigenvalue weighted by molar-refractivity contribution is 0.0994. The van der Waals surface area contributed by atoms with Crippen LogP contribution in [0.1, 0.15) is 40.7 Å². The molecule has 0 saturated heterocycles. The van der Waals surface area contributed by atoms with Gasteiger partial charge in [-0.2, -0.15) is 0 Å². The van der Waals surface area contributed by atoms with Crippen molar-refractivity contribution in [3.8, 4) is 0 Å². The third kappa shape index (κ3) is 1.76. The molecule has 18 heavy (non-hydrogen) atoms. The maximum absolute atomic E-state index is 11.7. The Labute approximate surface area is 106 Å². The van der Waals surface area contributed by atoms with Crippen LogP contribution in [0, 0.1) is 0 Å². The van der Waals surface area contributed by atoms with Crippen LogP contribution in [-0.4, -0.2) is 15.3 Å². The molecule has 0 amide bonds. The van der Waals surface area contributed by atoms with E-state index in [1.807, 2.05) is 24.5 Å². The number of nitrogens with zero attached hydrogens (tertiary/aromatic N) is 2. The molecule has 0 spiro atoms.